The van der Waals surface area contributed by atoms with Crippen LogP contribution in [0, 0.1) is 0 Å². The lowest BCUT2D eigenvalue weighted by molar-refractivity contribution is 0.280. The van der Waals surface area contributed by atoms with Crippen molar-refractivity contribution in [1.82, 2.24) is 15.1 Å². The Hall–Kier alpha value is -2.79. The average Bonchev–Trinajstić information content (AvgIpc) is 3.43. The molecule has 1 N–H and O–H groups in total. The molecule has 152 valence electrons. The largest absolute Gasteiger partial charge is 0.493 e. The fourth-order valence-corrected chi connectivity index (χ4v) is 3.98. The zero-order chi connectivity index (χ0) is 19.9. The molecule has 1 aromatic heterocycles. The lowest BCUT2D eigenvalue weighted by Crippen LogP contribution is -2.22. The van der Waals surface area contributed by atoms with Crippen LogP contribution < -0.4 is 9.47 Å². The molecule has 1 aliphatic rings. The molecule has 0 spiro atoms. The fraction of sp³-hybridized carbons (Fsp3) is 0.375. The van der Waals surface area contributed by atoms with Crippen molar-refractivity contribution in [2.75, 3.05) is 26.7 Å². The van der Waals surface area contributed by atoms with E-state index in [0.29, 0.717) is 12.5 Å². The van der Waals surface area contributed by atoms with Crippen molar-refractivity contribution in [3.05, 3.63) is 77.6 Å². The van der Waals surface area contributed by atoms with Gasteiger partial charge in [0, 0.05) is 12.5 Å². The Morgan fingerprint density at radius 3 is 2.69 bits per heavy atom. The van der Waals surface area contributed by atoms with Crippen molar-refractivity contribution in [3.63, 3.8) is 0 Å². The summed E-state index contributed by atoms with van der Waals surface area (Å²) in [6.07, 6.45) is 3.52. The van der Waals surface area contributed by atoms with Gasteiger partial charge in [0.05, 0.1) is 18.5 Å². The SMILES string of the molecule is COc1ccccc1OCc1cc([C@H]2CCN(CCCc3ccccc3)C2)n[nH]1. The van der Waals surface area contributed by atoms with Crippen LogP contribution in [0.2, 0.25) is 0 Å². The summed E-state index contributed by atoms with van der Waals surface area (Å²) in [5, 5.41) is 7.69. The third kappa shape index (κ3) is 5.18. The number of nitrogens with one attached hydrogen (secondary N) is 1. The summed E-state index contributed by atoms with van der Waals surface area (Å²) in [5.74, 6) is 1.99. The Balaban J connectivity index is 1.24. The number of hydrogen-bond donors (Lipinski definition) is 1. The van der Waals surface area contributed by atoms with E-state index in [4.69, 9.17) is 9.47 Å². The molecule has 2 aromatic carbocycles. The molecule has 1 fully saturated rings. The van der Waals surface area contributed by atoms with Gasteiger partial charge in [0.25, 0.3) is 0 Å². The molecule has 0 radical (unpaired) electrons. The summed E-state index contributed by atoms with van der Waals surface area (Å²) in [7, 11) is 1.65. The molecule has 5 heteroatoms. The minimum absolute atomic E-state index is 0.459. The lowest BCUT2D eigenvalue weighted by Gasteiger charge is -2.15. The Morgan fingerprint density at radius 2 is 1.86 bits per heavy atom. The van der Waals surface area contributed by atoms with Crippen LogP contribution in [0.15, 0.2) is 60.7 Å². The van der Waals surface area contributed by atoms with Gasteiger partial charge in [0.2, 0.25) is 0 Å². The second-order valence-electron chi connectivity index (χ2n) is 7.63. The highest BCUT2D eigenvalue weighted by Crippen LogP contribution is 2.28. The maximum Gasteiger partial charge on any atom is 0.161 e. The van der Waals surface area contributed by atoms with Gasteiger partial charge in [-0.05, 0) is 56.1 Å². The number of ether oxygens (including phenoxy) is 2. The van der Waals surface area contributed by atoms with E-state index < -0.39 is 0 Å². The van der Waals surface area contributed by atoms with Gasteiger partial charge in [-0.2, -0.15) is 5.10 Å². The van der Waals surface area contributed by atoms with Gasteiger partial charge in [-0.25, -0.2) is 0 Å². The first-order chi connectivity index (χ1) is 14.3. The van der Waals surface area contributed by atoms with Gasteiger partial charge in [-0.3, -0.25) is 5.10 Å². The maximum atomic E-state index is 5.90. The number of rotatable bonds is 9. The van der Waals surface area contributed by atoms with Gasteiger partial charge in [-0.15, -0.1) is 0 Å². The predicted octanol–water partition coefficient (Wildman–Crippen LogP) is 4.42. The van der Waals surface area contributed by atoms with E-state index in [1.807, 2.05) is 24.3 Å². The van der Waals surface area contributed by atoms with E-state index in [0.717, 1.165) is 48.9 Å². The average molecular weight is 392 g/mol. The van der Waals surface area contributed by atoms with Crippen LogP contribution in [-0.2, 0) is 13.0 Å². The first-order valence-corrected chi connectivity index (χ1v) is 10.4. The van der Waals surface area contributed by atoms with Gasteiger partial charge >= 0.3 is 0 Å². The highest BCUT2D eigenvalue weighted by molar-refractivity contribution is 5.39. The quantitative estimate of drug-likeness (QED) is 0.587. The van der Waals surface area contributed by atoms with E-state index in [1.165, 1.54) is 18.4 Å². The Bertz CT molecular complexity index is 894. The molecule has 5 nitrogen and oxygen atoms in total. The number of methoxy groups -OCH3 is 1. The summed E-state index contributed by atoms with van der Waals surface area (Å²) in [6, 6.07) is 20.6. The minimum atomic E-state index is 0.459. The second kappa shape index (κ2) is 9.61. The summed E-state index contributed by atoms with van der Waals surface area (Å²) in [5.41, 5.74) is 3.57. The van der Waals surface area contributed by atoms with Crippen molar-refractivity contribution in [2.24, 2.45) is 0 Å². The lowest BCUT2D eigenvalue weighted by atomic mass is 10.1. The summed E-state index contributed by atoms with van der Waals surface area (Å²) >= 11 is 0. The van der Waals surface area contributed by atoms with E-state index in [2.05, 4.69) is 51.5 Å². The highest BCUT2D eigenvalue weighted by Gasteiger charge is 2.25. The number of aromatic amines is 1. The van der Waals surface area contributed by atoms with Crippen LogP contribution in [0.4, 0.5) is 0 Å². The van der Waals surface area contributed by atoms with Crippen LogP contribution in [0.25, 0.3) is 0 Å². The highest BCUT2D eigenvalue weighted by atomic mass is 16.5. The molecule has 0 saturated carbocycles. The van der Waals surface area contributed by atoms with Gasteiger partial charge < -0.3 is 14.4 Å². The molecular weight excluding hydrogens is 362 g/mol. The molecule has 0 bridgehead atoms. The zero-order valence-corrected chi connectivity index (χ0v) is 17.0. The number of benzene rings is 2. The molecule has 1 saturated heterocycles. The molecule has 1 aliphatic heterocycles. The number of aryl methyl sites for hydroxylation is 1. The Morgan fingerprint density at radius 1 is 1.07 bits per heavy atom. The van der Waals surface area contributed by atoms with Crippen molar-refractivity contribution >= 4 is 0 Å². The smallest absolute Gasteiger partial charge is 0.161 e. The molecule has 2 heterocycles. The fourth-order valence-electron chi connectivity index (χ4n) is 3.98. The first-order valence-electron chi connectivity index (χ1n) is 10.4. The monoisotopic (exact) mass is 391 g/mol. The molecule has 29 heavy (non-hydrogen) atoms. The first kappa shape index (κ1) is 19.5. The van der Waals surface area contributed by atoms with Gasteiger partial charge in [0.1, 0.15) is 6.61 Å². The molecule has 4 rings (SSSR count). The topological polar surface area (TPSA) is 50.4 Å². The normalized spacial score (nSPS) is 16.8. The number of aromatic nitrogens is 2. The zero-order valence-electron chi connectivity index (χ0n) is 17.0. The summed E-state index contributed by atoms with van der Waals surface area (Å²) in [6.45, 7) is 3.85. The molecule has 0 aliphatic carbocycles. The van der Waals surface area contributed by atoms with E-state index >= 15 is 0 Å². The van der Waals surface area contributed by atoms with Crippen LogP contribution in [0.1, 0.15) is 35.7 Å². The minimum Gasteiger partial charge on any atom is -0.493 e. The van der Waals surface area contributed by atoms with Crippen LogP contribution in [0.3, 0.4) is 0 Å². The second-order valence-corrected chi connectivity index (χ2v) is 7.63. The number of nitrogens with zero attached hydrogens (tertiary/aromatic N) is 2. The number of para-hydroxylation sites is 2. The molecule has 3 aromatic rings. The van der Waals surface area contributed by atoms with Crippen molar-refractivity contribution in [3.8, 4) is 11.5 Å². The Kier molecular flexibility index (Phi) is 6.47. The maximum absolute atomic E-state index is 5.90. The third-order valence-electron chi connectivity index (χ3n) is 5.58. The Labute approximate surface area is 172 Å². The molecule has 1 atom stereocenters. The van der Waals surface area contributed by atoms with Crippen molar-refractivity contribution in [2.45, 2.75) is 31.8 Å². The van der Waals surface area contributed by atoms with E-state index in [9.17, 15) is 0 Å². The number of hydrogen-bond acceptors (Lipinski definition) is 4. The van der Waals surface area contributed by atoms with Crippen LogP contribution in [-0.4, -0.2) is 41.8 Å². The summed E-state index contributed by atoms with van der Waals surface area (Å²) in [4.78, 5) is 2.56. The number of H-pyrrole nitrogens is 1. The van der Waals surface area contributed by atoms with Crippen LogP contribution in [0.5, 0.6) is 11.5 Å². The molecule has 0 unspecified atom stereocenters. The van der Waals surface area contributed by atoms with E-state index in [1.54, 1.807) is 7.11 Å². The predicted molar refractivity (Wildman–Crippen MR) is 114 cm³/mol. The van der Waals surface area contributed by atoms with Gasteiger partial charge in [0.15, 0.2) is 11.5 Å². The molecule has 0 amide bonds. The van der Waals surface area contributed by atoms with Crippen molar-refractivity contribution < 1.29 is 9.47 Å². The third-order valence-corrected chi connectivity index (χ3v) is 5.58. The van der Waals surface area contributed by atoms with Gasteiger partial charge in [-0.1, -0.05) is 42.5 Å². The molecular formula is C24H29N3O2. The van der Waals surface area contributed by atoms with E-state index in [-0.39, 0.29) is 0 Å². The number of likely N-dealkylation sites (tertiary alicyclic amines) is 1. The van der Waals surface area contributed by atoms with Crippen molar-refractivity contribution in [1.29, 1.82) is 0 Å². The van der Waals surface area contributed by atoms with Crippen LogP contribution >= 0.6 is 0 Å². The summed E-state index contributed by atoms with van der Waals surface area (Å²) < 4.78 is 11.2. The standard InChI is InChI=1S/C24H29N3O2/c1-28-23-11-5-6-12-24(23)29-18-21-16-22(26-25-21)20-13-15-27(17-20)14-7-10-19-8-3-2-4-9-19/h2-6,8-9,11-12,16,20H,7,10,13-15,17-18H2,1H3,(H,25,26)/t20-/m0/s1.